The Kier molecular flexibility index (Phi) is 4.65. The molecule has 0 radical (unpaired) electrons. The fraction of sp³-hybridized carbons (Fsp3) is 0.385. The maximum absolute atomic E-state index is 11.4. The molecule has 1 fully saturated rings. The summed E-state index contributed by atoms with van der Waals surface area (Å²) in [6, 6.07) is 6.49. The zero-order chi connectivity index (χ0) is 14.2. The second kappa shape index (κ2) is 6.13. The Morgan fingerprint density at radius 1 is 1.29 bits per heavy atom. The molecule has 0 bridgehead atoms. The van der Waals surface area contributed by atoms with Crippen molar-refractivity contribution in [3.05, 3.63) is 30.2 Å². The molecule has 1 aliphatic heterocycles. The molecule has 0 spiro atoms. The van der Waals surface area contributed by atoms with Gasteiger partial charge in [-0.2, -0.15) is 4.98 Å². The lowest BCUT2D eigenvalue weighted by molar-refractivity contribution is 0.359. The molecule has 1 aromatic carbocycles. The lowest BCUT2D eigenvalue weighted by Crippen LogP contribution is -2.08. The van der Waals surface area contributed by atoms with Crippen LogP contribution in [0.4, 0.5) is 0 Å². The summed E-state index contributed by atoms with van der Waals surface area (Å²) in [5.41, 5.74) is 0.748. The van der Waals surface area contributed by atoms with Gasteiger partial charge in [-0.15, -0.1) is 12.4 Å². The lowest BCUT2D eigenvalue weighted by Gasteiger charge is -1.99. The molecule has 21 heavy (non-hydrogen) atoms. The first kappa shape index (κ1) is 15.9. The molecular formula is C13H16ClN3O3S. The third-order valence-electron chi connectivity index (χ3n) is 3.39. The summed E-state index contributed by atoms with van der Waals surface area (Å²) in [4.78, 5) is 4.67. The molecule has 2 aromatic rings. The first-order chi connectivity index (χ1) is 9.54. The van der Waals surface area contributed by atoms with Crippen LogP contribution in [0.5, 0.6) is 0 Å². The van der Waals surface area contributed by atoms with Gasteiger partial charge in [-0.1, -0.05) is 5.16 Å². The van der Waals surface area contributed by atoms with Gasteiger partial charge in [-0.3, -0.25) is 0 Å². The molecule has 1 aliphatic rings. The zero-order valence-electron chi connectivity index (χ0n) is 11.4. The second-order valence-corrected chi connectivity index (χ2v) is 6.96. The minimum atomic E-state index is -3.18. The quantitative estimate of drug-likeness (QED) is 0.921. The lowest BCUT2D eigenvalue weighted by atomic mass is 10.1. The highest BCUT2D eigenvalue weighted by Crippen LogP contribution is 2.24. The van der Waals surface area contributed by atoms with Gasteiger partial charge in [0.05, 0.1) is 10.8 Å². The van der Waals surface area contributed by atoms with Gasteiger partial charge in [0.1, 0.15) is 0 Å². The van der Waals surface area contributed by atoms with E-state index in [1.54, 1.807) is 24.3 Å². The van der Waals surface area contributed by atoms with E-state index in [4.69, 9.17) is 4.52 Å². The molecule has 0 saturated carbocycles. The smallest absolute Gasteiger partial charge is 0.231 e. The van der Waals surface area contributed by atoms with Crippen LogP contribution in [0.25, 0.3) is 11.4 Å². The standard InChI is InChI=1S/C13H15N3O3S.ClH/c1-20(17,18)11-4-2-9(3-5-11)12-15-13(19-16-12)10-6-7-14-8-10;/h2-5,10,14H,6-8H2,1H3;1H/t10-;/m1./s1. The van der Waals surface area contributed by atoms with Gasteiger partial charge in [0.2, 0.25) is 11.7 Å². The van der Waals surface area contributed by atoms with Crippen molar-refractivity contribution >= 4 is 22.2 Å². The van der Waals surface area contributed by atoms with Gasteiger partial charge in [0.15, 0.2) is 9.84 Å². The van der Waals surface area contributed by atoms with Crippen LogP contribution in [0.1, 0.15) is 18.2 Å². The molecule has 6 nitrogen and oxygen atoms in total. The summed E-state index contributed by atoms with van der Waals surface area (Å²) >= 11 is 0. The Morgan fingerprint density at radius 3 is 2.57 bits per heavy atom. The Balaban J connectivity index is 0.00000161. The Hall–Kier alpha value is -1.44. The molecule has 0 unspecified atom stereocenters. The fourth-order valence-electron chi connectivity index (χ4n) is 2.23. The number of nitrogens with one attached hydrogen (secondary N) is 1. The highest BCUT2D eigenvalue weighted by molar-refractivity contribution is 7.90. The zero-order valence-corrected chi connectivity index (χ0v) is 13.1. The number of aromatic nitrogens is 2. The van der Waals surface area contributed by atoms with Crippen LogP contribution in [0.2, 0.25) is 0 Å². The van der Waals surface area contributed by atoms with Crippen LogP contribution in [0.15, 0.2) is 33.7 Å². The third kappa shape index (κ3) is 3.42. The van der Waals surface area contributed by atoms with E-state index in [1.165, 1.54) is 6.26 Å². The second-order valence-electron chi connectivity index (χ2n) is 4.94. The van der Waals surface area contributed by atoms with E-state index in [-0.39, 0.29) is 23.2 Å². The Labute approximate surface area is 129 Å². The number of sulfone groups is 1. The molecule has 0 amide bonds. The van der Waals surface area contributed by atoms with Crippen LogP contribution in [-0.4, -0.2) is 37.9 Å². The van der Waals surface area contributed by atoms with Gasteiger partial charge in [-0.05, 0) is 37.2 Å². The molecule has 0 aliphatic carbocycles. The summed E-state index contributed by atoms with van der Waals surface area (Å²) in [5.74, 6) is 1.40. The minimum Gasteiger partial charge on any atom is -0.339 e. The number of nitrogens with zero attached hydrogens (tertiary/aromatic N) is 2. The van der Waals surface area contributed by atoms with Crippen molar-refractivity contribution in [1.82, 2.24) is 15.5 Å². The number of halogens is 1. The predicted molar refractivity (Wildman–Crippen MR) is 80.3 cm³/mol. The van der Waals surface area contributed by atoms with Gasteiger partial charge < -0.3 is 9.84 Å². The van der Waals surface area contributed by atoms with Gasteiger partial charge in [-0.25, -0.2) is 8.42 Å². The number of hydrogen-bond acceptors (Lipinski definition) is 6. The maximum Gasteiger partial charge on any atom is 0.231 e. The summed E-state index contributed by atoms with van der Waals surface area (Å²) in [6.45, 7) is 1.82. The Morgan fingerprint density at radius 2 is 2.00 bits per heavy atom. The SMILES string of the molecule is CS(=O)(=O)c1ccc(-c2noc([C@@H]3CCNC3)n2)cc1.Cl. The van der Waals surface area contributed by atoms with Gasteiger partial charge >= 0.3 is 0 Å². The molecule has 1 N–H and O–H groups in total. The normalized spacial score (nSPS) is 18.4. The maximum atomic E-state index is 11.4. The molecule has 114 valence electrons. The highest BCUT2D eigenvalue weighted by atomic mass is 35.5. The topological polar surface area (TPSA) is 85.1 Å². The van der Waals surface area contributed by atoms with E-state index in [2.05, 4.69) is 15.5 Å². The van der Waals surface area contributed by atoms with Crippen molar-refractivity contribution in [3.63, 3.8) is 0 Å². The Bertz CT molecular complexity index is 707. The van der Waals surface area contributed by atoms with Crippen LogP contribution in [0, 0.1) is 0 Å². The molecule has 1 atom stereocenters. The van der Waals surface area contributed by atoms with Crippen molar-refractivity contribution in [1.29, 1.82) is 0 Å². The van der Waals surface area contributed by atoms with E-state index in [0.29, 0.717) is 11.7 Å². The van der Waals surface area contributed by atoms with E-state index >= 15 is 0 Å². The molecule has 1 aromatic heterocycles. The van der Waals surface area contributed by atoms with Crippen molar-refractivity contribution in [3.8, 4) is 11.4 Å². The molecule has 1 saturated heterocycles. The van der Waals surface area contributed by atoms with Crippen molar-refractivity contribution < 1.29 is 12.9 Å². The van der Waals surface area contributed by atoms with E-state index in [1.807, 2.05) is 0 Å². The monoisotopic (exact) mass is 329 g/mol. The van der Waals surface area contributed by atoms with Crippen molar-refractivity contribution in [2.24, 2.45) is 0 Å². The molecule has 8 heteroatoms. The highest BCUT2D eigenvalue weighted by Gasteiger charge is 2.23. The summed E-state index contributed by atoms with van der Waals surface area (Å²) in [6.07, 6.45) is 2.18. The summed E-state index contributed by atoms with van der Waals surface area (Å²) in [7, 11) is -3.18. The third-order valence-corrected chi connectivity index (χ3v) is 4.52. The average molecular weight is 330 g/mol. The molecular weight excluding hydrogens is 314 g/mol. The van der Waals surface area contributed by atoms with Crippen LogP contribution >= 0.6 is 12.4 Å². The average Bonchev–Trinajstić information content (AvgIpc) is 3.09. The first-order valence-corrected chi connectivity index (χ1v) is 8.28. The number of rotatable bonds is 3. The van der Waals surface area contributed by atoms with E-state index < -0.39 is 9.84 Å². The summed E-state index contributed by atoms with van der Waals surface area (Å²) in [5, 5.41) is 7.21. The van der Waals surface area contributed by atoms with Crippen molar-refractivity contribution in [2.45, 2.75) is 17.2 Å². The minimum absolute atomic E-state index is 0. The van der Waals surface area contributed by atoms with Crippen molar-refractivity contribution in [2.75, 3.05) is 19.3 Å². The van der Waals surface area contributed by atoms with Gasteiger partial charge in [0.25, 0.3) is 0 Å². The van der Waals surface area contributed by atoms with Crippen LogP contribution < -0.4 is 5.32 Å². The van der Waals surface area contributed by atoms with Crippen LogP contribution in [0.3, 0.4) is 0 Å². The van der Waals surface area contributed by atoms with Crippen LogP contribution in [-0.2, 0) is 9.84 Å². The largest absolute Gasteiger partial charge is 0.339 e. The molecule has 3 rings (SSSR count). The summed E-state index contributed by atoms with van der Waals surface area (Å²) < 4.78 is 28.1. The number of hydrogen-bond donors (Lipinski definition) is 1. The van der Waals surface area contributed by atoms with Gasteiger partial charge in [0, 0.05) is 18.4 Å². The predicted octanol–water partition coefficient (Wildman–Crippen LogP) is 1.64. The van der Waals surface area contributed by atoms with E-state index in [0.717, 1.165) is 25.1 Å². The first-order valence-electron chi connectivity index (χ1n) is 6.39. The number of benzene rings is 1. The fourth-order valence-corrected chi connectivity index (χ4v) is 2.87. The van der Waals surface area contributed by atoms with E-state index in [9.17, 15) is 8.42 Å². The molecule has 2 heterocycles.